The Hall–Kier alpha value is -2.10. The van der Waals surface area contributed by atoms with Gasteiger partial charge in [0.2, 0.25) is 5.91 Å². The van der Waals surface area contributed by atoms with E-state index in [9.17, 15) is 4.79 Å². The van der Waals surface area contributed by atoms with Gasteiger partial charge in [-0.25, -0.2) is 4.68 Å². The van der Waals surface area contributed by atoms with E-state index >= 15 is 0 Å². The van der Waals surface area contributed by atoms with Crippen LogP contribution in [0.3, 0.4) is 0 Å². The quantitative estimate of drug-likeness (QED) is 0.911. The molecule has 2 rings (SSSR count). The van der Waals surface area contributed by atoms with Gasteiger partial charge in [0.15, 0.2) is 0 Å². The third-order valence-electron chi connectivity index (χ3n) is 3.55. The van der Waals surface area contributed by atoms with Crippen LogP contribution in [0.1, 0.15) is 43.0 Å². The Morgan fingerprint density at radius 3 is 2.71 bits per heavy atom. The van der Waals surface area contributed by atoms with Gasteiger partial charge < -0.3 is 5.32 Å². The van der Waals surface area contributed by atoms with Crippen LogP contribution in [0.25, 0.3) is 0 Å². The van der Waals surface area contributed by atoms with Crippen LogP contribution in [-0.2, 0) is 11.2 Å². The summed E-state index contributed by atoms with van der Waals surface area (Å²) in [7, 11) is 0. The largest absolute Gasteiger partial charge is 0.311 e. The normalized spacial score (nSPS) is 10.9. The summed E-state index contributed by atoms with van der Waals surface area (Å²) < 4.78 is 1.81. The number of amides is 1. The van der Waals surface area contributed by atoms with Gasteiger partial charge in [-0.2, -0.15) is 5.10 Å². The smallest absolute Gasteiger partial charge is 0.225 e. The number of aryl methyl sites for hydroxylation is 3. The summed E-state index contributed by atoms with van der Waals surface area (Å²) in [4.78, 5) is 12.1. The van der Waals surface area contributed by atoms with Gasteiger partial charge in [-0.1, -0.05) is 23.8 Å². The first kappa shape index (κ1) is 15.3. The van der Waals surface area contributed by atoms with Crippen molar-refractivity contribution in [2.45, 2.75) is 46.6 Å². The number of hydrogen-bond acceptors (Lipinski definition) is 2. The predicted octanol–water partition coefficient (Wildman–Crippen LogP) is 3.65. The van der Waals surface area contributed by atoms with Crippen molar-refractivity contribution >= 4 is 11.7 Å². The number of aromatic nitrogens is 2. The van der Waals surface area contributed by atoms with Crippen molar-refractivity contribution in [3.05, 3.63) is 47.2 Å². The van der Waals surface area contributed by atoms with E-state index in [-0.39, 0.29) is 11.9 Å². The van der Waals surface area contributed by atoms with Crippen LogP contribution >= 0.6 is 0 Å². The van der Waals surface area contributed by atoms with Crippen LogP contribution in [0.2, 0.25) is 0 Å². The number of rotatable bonds is 5. The third kappa shape index (κ3) is 3.94. The minimum absolute atomic E-state index is 0.0253. The maximum atomic E-state index is 12.1. The number of nitrogens with one attached hydrogen (secondary N) is 1. The van der Waals surface area contributed by atoms with Crippen molar-refractivity contribution in [1.29, 1.82) is 0 Å². The van der Waals surface area contributed by atoms with E-state index in [1.165, 1.54) is 16.7 Å². The van der Waals surface area contributed by atoms with Crippen molar-refractivity contribution in [3.8, 4) is 0 Å². The maximum absolute atomic E-state index is 12.1. The van der Waals surface area contributed by atoms with Crippen molar-refractivity contribution in [2.24, 2.45) is 0 Å². The zero-order valence-electron chi connectivity index (χ0n) is 13.2. The summed E-state index contributed by atoms with van der Waals surface area (Å²) in [5.74, 6) is 0.785. The number of hydrogen-bond donors (Lipinski definition) is 1. The molecule has 0 aliphatic rings. The second kappa shape index (κ2) is 6.57. The summed E-state index contributed by atoms with van der Waals surface area (Å²) in [5, 5.41) is 7.15. The Morgan fingerprint density at radius 2 is 2.05 bits per heavy atom. The molecule has 2 aromatic rings. The Balaban J connectivity index is 1.94. The summed E-state index contributed by atoms with van der Waals surface area (Å²) in [6.07, 6.45) is 2.95. The highest BCUT2D eigenvalue weighted by Gasteiger charge is 2.10. The van der Waals surface area contributed by atoms with Crippen LogP contribution in [0, 0.1) is 13.8 Å². The summed E-state index contributed by atoms with van der Waals surface area (Å²) in [6.45, 7) is 8.25. The van der Waals surface area contributed by atoms with Crippen LogP contribution in [-0.4, -0.2) is 15.7 Å². The highest BCUT2D eigenvalue weighted by Crippen LogP contribution is 2.15. The Morgan fingerprint density at radius 1 is 1.29 bits per heavy atom. The Bertz CT molecular complexity index is 629. The van der Waals surface area contributed by atoms with Crippen molar-refractivity contribution in [3.63, 3.8) is 0 Å². The molecule has 0 aliphatic heterocycles. The molecule has 4 heteroatoms. The van der Waals surface area contributed by atoms with Crippen LogP contribution in [0.15, 0.2) is 30.5 Å². The van der Waals surface area contributed by atoms with E-state index in [1.54, 1.807) is 6.20 Å². The molecule has 1 aromatic carbocycles. The molecule has 0 aliphatic carbocycles. The van der Waals surface area contributed by atoms with Gasteiger partial charge in [-0.3, -0.25) is 4.79 Å². The first-order valence-corrected chi connectivity index (χ1v) is 7.37. The average molecular weight is 285 g/mol. The topological polar surface area (TPSA) is 46.9 Å². The fraction of sp³-hybridized carbons (Fsp3) is 0.412. The lowest BCUT2D eigenvalue weighted by molar-refractivity contribution is -0.116. The van der Waals surface area contributed by atoms with Crippen molar-refractivity contribution in [1.82, 2.24) is 9.78 Å². The molecule has 0 atom stereocenters. The fourth-order valence-electron chi connectivity index (χ4n) is 2.40. The van der Waals surface area contributed by atoms with Crippen LogP contribution < -0.4 is 5.32 Å². The van der Waals surface area contributed by atoms with E-state index < -0.39 is 0 Å². The van der Waals surface area contributed by atoms with Crippen molar-refractivity contribution in [2.75, 3.05) is 5.32 Å². The molecule has 0 radical (unpaired) electrons. The van der Waals surface area contributed by atoms with Gasteiger partial charge in [0, 0.05) is 18.5 Å². The average Bonchev–Trinajstić information content (AvgIpc) is 2.86. The molecular weight excluding hydrogens is 262 g/mol. The number of benzene rings is 1. The van der Waals surface area contributed by atoms with Gasteiger partial charge in [0.05, 0.1) is 6.20 Å². The molecular formula is C17H23N3O. The number of carbonyl (C=O) groups excluding carboxylic acids is 1. The molecule has 1 amide bonds. The summed E-state index contributed by atoms with van der Waals surface area (Å²) >= 11 is 0. The van der Waals surface area contributed by atoms with Crippen LogP contribution in [0.5, 0.6) is 0 Å². The highest BCUT2D eigenvalue weighted by molar-refractivity contribution is 5.90. The fourth-order valence-corrected chi connectivity index (χ4v) is 2.40. The molecule has 4 nitrogen and oxygen atoms in total. The maximum Gasteiger partial charge on any atom is 0.225 e. The Kier molecular flexibility index (Phi) is 4.78. The zero-order valence-corrected chi connectivity index (χ0v) is 13.2. The van der Waals surface area contributed by atoms with Gasteiger partial charge >= 0.3 is 0 Å². The minimum atomic E-state index is 0.0253. The van der Waals surface area contributed by atoms with Gasteiger partial charge in [-0.15, -0.1) is 0 Å². The molecule has 0 saturated carbocycles. The first-order valence-electron chi connectivity index (χ1n) is 7.37. The SMILES string of the molecule is Cc1ccc(CCC(=O)Nc2ccnn2C(C)C)c(C)c1. The predicted molar refractivity (Wildman–Crippen MR) is 85.5 cm³/mol. The lowest BCUT2D eigenvalue weighted by Gasteiger charge is -2.12. The molecule has 0 saturated heterocycles. The molecule has 112 valence electrons. The monoisotopic (exact) mass is 285 g/mol. The van der Waals surface area contributed by atoms with Gasteiger partial charge in [0.1, 0.15) is 5.82 Å². The third-order valence-corrected chi connectivity index (χ3v) is 3.55. The van der Waals surface area contributed by atoms with E-state index in [2.05, 4.69) is 42.5 Å². The van der Waals surface area contributed by atoms with Gasteiger partial charge in [0.25, 0.3) is 0 Å². The Labute approximate surface area is 126 Å². The second-order valence-corrected chi connectivity index (χ2v) is 5.73. The van der Waals surface area contributed by atoms with Crippen molar-refractivity contribution < 1.29 is 4.79 Å². The number of anilines is 1. The zero-order chi connectivity index (χ0) is 15.4. The number of carbonyl (C=O) groups is 1. The number of nitrogens with zero attached hydrogens (tertiary/aromatic N) is 2. The molecule has 21 heavy (non-hydrogen) atoms. The van der Waals surface area contributed by atoms with E-state index in [0.29, 0.717) is 6.42 Å². The standard InChI is InChI=1S/C17H23N3O/c1-12(2)20-16(9-10-18-20)19-17(21)8-7-15-6-5-13(3)11-14(15)4/h5-6,9-12H,7-8H2,1-4H3,(H,19,21). The molecule has 1 N–H and O–H groups in total. The first-order chi connectivity index (χ1) is 9.97. The molecule has 0 unspecified atom stereocenters. The molecule has 1 aromatic heterocycles. The molecule has 0 fully saturated rings. The molecule has 0 spiro atoms. The van der Waals surface area contributed by atoms with E-state index in [0.717, 1.165) is 12.2 Å². The van der Waals surface area contributed by atoms with E-state index in [1.807, 2.05) is 24.6 Å². The van der Waals surface area contributed by atoms with Gasteiger partial charge in [-0.05, 0) is 45.2 Å². The lowest BCUT2D eigenvalue weighted by Crippen LogP contribution is -2.17. The second-order valence-electron chi connectivity index (χ2n) is 5.73. The van der Waals surface area contributed by atoms with Crippen LogP contribution in [0.4, 0.5) is 5.82 Å². The lowest BCUT2D eigenvalue weighted by atomic mass is 10.0. The summed E-state index contributed by atoms with van der Waals surface area (Å²) in [6, 6.07) is 8.41. The minimum Gasteiger partial charge on any atom is -0.311 e. The molecule has 0 bridgehead atoms. The highest BCUT2D eigenvalue weighted by atomic mass is 16.1. The summed E-state index contributed by atoms with van der Waals surface area (Å²) in [5.41, 5.74) is 3.73. The molecule has 1 heterocycles. The van der Waals surface area contributed by atoms with E-state index in [4.69, 9.17) is 0 Å².